The minimum absolute atomic E-state index is 0.113. The van der Waals surface area contributed by atoms with Crippen molar-refractivity contribution in [2.75, 3.05) is 5.75 Å². The van der Waals surface area contributed by atoms with Crippen molar-refractivity contribution in [1.82, 2.24) is 0 Å². The van der Waals surface area contributed by atoms with Crippen molar-refractivity contribution in [3.05, 3.63) is 11.0 Å². The van der Waals surface area contributed by atoms with Gasteiger partial charge in [-0.25, -0.2) is 0 Å². The molecule has 0 radical (unpaired) electrons. The quantitative estimate of drug-likeness (QED) is 0.481. The second-order valence-electron chi connectivity index (χ2n) is 3.35. The molecule has 0 spiro atoms. The van der Waals surface area contributed by atoms with E-state index in [2.05, 4.69) is 27.7 Å². The van der Waals surface area contributed by atoms with E-state index >= 15 is 0 Å². The Bertz CT molecular complexity index is 153. The maximum atomic E-state index is 10.2. The number of aldehydes is 1. The Kier molecular flexibility index (Phi) is 4.50. The first-order chi connectivity index (χ1) is 5.02. The molecule has 1 nitrogen and oxygen atoms in total. The molecular formula is C9H16OS. The highest BCUT2D eigenvalue weighted by atomic mass is 32.2. The van der Waals surface area contributed by atoms with Gasteiger partial charge in [-0.2, -0.15) is 0 Å². The highest BCUT2D eigenvalue weighted by Crippen LogP contribution is 2.33. The number of carbonyl (C=O) groups excluding carboxylic acids is 1. The highest BCUT2D eigenvalue weighted by molar-refractivity contribution is 8.03. The molecule has 0 fully saturated rings. The molecule has 0 rings (SSSR count). The molecule has 0 aromatic heterocycles. The molecule has 0 aromatic rings. The molecule has 0 aliphatic heterocycles. The first kappa shape index (κ1) is 10.8. The molecular weight excluding hydrogens is 156 g/mol. The van der Waals surface area contributed by atoms with E-state index < -0.39 is 0 Å². The zero-order chi connectivity index (χ0) is 8.91. The molecule has 0 saturated carbocycles. The van der Waals surface area contributed by atoms with Crippen molar-refractivity contribution in [1.29, 1.82) is 0 Å². The highest BCUT2D eigenvalue weighted by Gasteiger charge is 2.15. The average Bonchev–Trinajstić information content (AvgIpc) is 1.85. The lowest BCUT2D eigenvalue weighted by molar-refractivity contribution is -0.104. The molecule has 0 saturated heterocycles. The molecule has 0 bridgehead atoms. The van der Waals surface area contributed by atoms with Crippen molar-refractivity contribution < 1.29 is 4.79 Å². The van der Waals surface area contributed by atoms with Crippen LogP contribution in [0.1, 0.15) is 27.7 Å². The Morgan fingerprint density at radius 1 is 1.45 bits per heavy atom. The van der Waals surface area contributed by atoms with Crippen molar-refractivity contribution in [3.8, 4) is 0 Å². The maximum Gasteiger partial charge on any atom is 0.143 e. The number of hydrogen-bond acceptors (Lipinski definition) is 2. The van der Waals surface area contributed by atoms with Gasteiger partial charge in [0, 0.05) is 0 Å². The summed E-state index contributed by atoms with van der Waals surface area (Å²) >= 11 is 1.74. The molecule has 0 heterocycles. The minimum atomic E-state index is 0.113. The van der Waals surface area contributed by atoms with E-state index in [1.54, 1.807) is 17.8 Å². The summed E-state index contributed by atoms with van der Waals surface area (Å²) in [6, 6.07) is 0. The maximum absolute atomic E-state index is 10.2. The standard InChI is InChI=1S/C9H16OS/c1-5-11-8(6-7-10)9(2,3)4/h6-7H,5H2,1-4H3/b8-6+. The van der Waals surface area contributed by atoms with Gasteiger partial charge in [0.15, 0.2) is 0 Å². The normalized spacial score (nSPS) is 13.3. The molecule has 64 valence electrons. The fourth-order valence-corrected chi connectivity index (χ4v) is 1.63. The zero-order valence-corrected chi connectivity index (χ0v) is 8.49. The van der Waals surface area contributed by atoms with Gasteiger partial charge in [0.1, 0.15) is 6.29 Å². The van der Waals surface area contributed by atoms with Crippen LogP contribution in [-0.4, -0.2) is 12.0 Å². The number of hydrogen-bond donors (Lipinski definition) is 0. The van der Waals surface area contributed by atoms with Crippen LogP contribution in [0, 0.1) is 5.41 Å². The van der Waals surface area contributed by atoms with Crippen molar-refractivity contribution in [2.24, 2.45) is 5.41 Å². The molecule has 0 aromatic carbocycles. The Hall–Kier alpha value is -0.240. The predicted molar refractivity (Wildman–Crippen MR) is 51.7 cm³/mol. The summed E-state index contributed by atoms with van der Waals surface area (Å²) in [7, 11) is 0. The Morgan fingerprint density at radius 3 is 2.27 bits per heavy atom. The summed E-state index contributed by atoms with van der Waals surface area (Å²) in [5.41, 5.74) is 0.113. The van der Waals surface area contributed by atoms with Gasteiger partial charge in [-0.15, -0.1) is 11.8 Å². The third-order valence-electron chi connectivity index (χ3n) is 1.26. The van der Waals surface area contributed by atoms with Crippen LogP contribution in [0.25, 0.3) is 0 Å². The van der Waals surface area contributed by atoms with E-state index in [-0.39, 0.29) is 5.41 Å². The van der Waals surface area contributed by atoms with E-state index in [0.29, 0.717) is 0 Å². The molecule has 0 aliphatic carbocycles. The lowest BCUT2D eigenvalue weighted by Crippen LogP contribution is -2.07. The van der Waals surface area contributed by atoms with Crippen LogP contribution < -0.4 is 0 Å². The number of thioether (sulfide) groups is 1. The van der Waals surface area contributed by atoms with Gasteiger partial charge in [-0.1, -0.05) is 27.7 Å². The SMILES string of the molecule is CCS/C(=C/C=O)C(C)(C)C. The fourth-order valence-electron chi connectivity index (χ4n) is 0.732. The summed E-state index contributed by atoms with van der Waals surface area (Å²) in [5, 5.41) is 0. The summed E-state index contributed by atoms with van der Waals surface area (Å²) in [4.78, 5) is 11.4. The Balaban J connectivity index is 4.34. The van der Waals surface area contributed by atoms with Crippen LogP contribution in [-0.2, 0) is 4.79 Å². The van der Waals surface area contributed by atoms with Crippen LogP contribution in [0.15, 0.2) is 11.0 Å². The summed E-state index contributed by atoms with van der Waals surface area (Å²) in [5.74, 6) is 1.02. The van der Waals surface area contributed by atoms with E-state index in [0.717, 1.165) is 16.9 Å². The predicted octanol–water partition coefficient (Wildman–Crippen LogP) is 2.87. The third kappa shape index (κ3) is 4.25. The summed E-state index contributed by atoms with van der Waals surface area (Å²) in [6.07, 6.45) is 2.53. The van der Waals surface area contributed by atoms with Gasteiger partial charge in [0.05, 0.1) is 0 Å². The van der Waals surface area contributed by atoms with Gasteiger partial charge >= 0.3 is 0 Å². The second-order valence-corrected chi connectivity index (χ2v) is 4.66. The second kappa shape index (κ2) is 4.60. The fraction of sp³-hybridized carbons (Fsp3) is 0.667. The van der Waals surface area contributed by atoms with Gasteiger partial charge in [0.25, 0.3) is 0 Å². The van der Waals surface area contributed by atoms with E-state index in [4.69, 9.17) is 0 Å². The lowest BCUT2D eigenvalue weighted by atomic mass is 9.96. The van der Waals surface area contributed by atoms with Crippen LogP contribution in [0.2, 0.25) is 0 Å². The van der Waals surface area contributed by atoms with Crippen LogP contribution >= 0.6 is 11.8 Å². The summed E-state index contributed by atoms with van der Waals surface area (Å²) in [6.45, 7) is 8.44. The Morgan fingerprint density at radius 2 is 2.00 bits per heavy atom. The van der Waals surface area contributed by atoms with Crippen LogP contribution in [0.4, 0.5) is 0 Å². The molecule has 0 amide bonds. The Labute approximate surface area is 73.3 Å². The molecule has 11 heavy (non-hydrogen) atoms. The van der Waals surface area contributed by atoms with Crippen LogP contribution in [0.3, 0.4) is 0 Å². The molecule has 0 aliphatic rings. The van der Waals surface area contributed by atoms with Crippen molar-refractivity contribution in [2.45, 2.75) is 27.7 Å². The summed E-state index contributed by atoms with van der Waals surface area (Å²) < 4.78 is 0. The van der Waals surface area contributed by atoms with Crippen molar-refractivity contribution >= 4 is 18.0 Å². The molecule has 2 heteroatoms. The van der Waals surface area contributed by atoms with Gasteiger partial charge < -0.3 is 0 Å². The zero-order valence-electron chi connectivity index (χ0n) is 7.68. The minimum Gasteiger partial charge on any atom is -0.299 e. The molecule has 0 unspecified atom stereocenters. The monoisotopic (exact) mass is 172 g/mol. The topological polar surface area (TPSA) is 17.1 Å². The lowest BCUT2D eigenvalue weighted by Gasteiger charge is -2.21. The molecule has 0 atom stereocenters. The van der Waals surface area contributed by atoms with E-state index in [1.807, 2.05) is 0 Å². The van der Waals surface area contributed by atoms with Gasteiger partial charge in [0.2, 0.25) is 0 Å². The van der Waals surface area contributed by atoms with Crippen molar-refractivity contribution in [3.63, 3.8) is 0 Å². The largest absolute Gasteiger partial charge is 0.299 e. The number of allylic oxidation sites excluding steroid dienone is 2. The first-order valence-electron chi connectivity index (χ1n) is 3.81. The number of rotatable bonds is 3. The van der Waals surface area contributed by atoms with Gasteiger partial charge in [-0.05, 0) is 22.1 Å². The van der Waals surface area contributed by atoms with E-state index in [9.17, 15) is 4.79 Å². The number of carbonyl (C=O) groups is 1. The molecule has 0 N–H and O–H groups in total. The third-order valence-corrected chi connectivity index (χ3v) is 2.61. The van der Waals surface area contributed by atoms with Gasteiger partial charge in [-0.3, -0.25) is 4.79 Å². The van der Waals surface area contributed by atoms with Crippen LogP contribution in [0.5, 0.6) is 0 Å². The smallest absolute Gasteiger partial charge is 0.143 e. The average molecular weight is 172 g/mol. The van der Waals surface area contributed by atoms with E-state index in [1.165, 1.54) is 0 Å². The first-order valence-corrected chi connectivity index (χ1v) is 4.79.